The van der Waals surface area contributed by atoms with Gasteiger partial charge in [-0.1, -0.05) is 12.1 Å². The van der Waals surface area contributed by atoms with Crippen molar-refractivity contribution in [2.45, 2.75) is 49.6 Å². The zero-order valence-corrected chi connectivity index (χ0v) is 50.0. The first-order chi connectivity index (χ1) is 41.2. The monoisotopic (exact) mass is 1190 g/mol. The third kappa shape index (κ3) is 10.7. The lowest BCUT2D eigenvalue weighted by molar-refractivity contribution is 0.00805. The van der Waals surface area contributed by atoms with Crippen LogP contribution in [0.3, 0.4) is 0 Å². The molecular weight excluding hydrogens is 1130 g/mol. The van der Waals surface area contributed by atoms with E-state index in [1.807, 2.05) is 44.4 Å². The summed E-state index contributed by atoms with van der Waals surface area (Å²) in [4.78, 5) is 30.5. The summed E-state index contributed by atoms with van der Waals surface area (Å²) >= 11 is 5.73. The van der Waals surface area contributed by atoms with Gasteiger partial charge in [-0.2, -0.15) is 0 Å². The molecule has 23 heteroatoms. The molecule has 0 fully saturated rings. The Hall–Kier alpha value is -8.73. The highest BCUT2D eigenvalue weighted by Gasteiger charge is 2.48. The molecule has 0 radical (unpaired) electrons. The first-order valence-electron chi connectivity index (χ1n) is 26.9. The number of carbonyl (C=O) groups excluding carboxylic acids is 2. The normalized spacial score (nSPS) is 18.3. The molecular formula is C62H67ClN2O20. The Bertz CT molecular complexity index is 3470. The van der Waals surface area contributed by atoms with Gasteiger partial charge >= 0.3 is 11.9 Å². The second-order valence-electron chi connectivity index (χ2n) is 20.1. The number of benzene rings is 6. The Labute approximate surface area is 496 Å². The summed E-state index contributed by atoms with van der Waals surface area (Å²) in [6, 6.07) is 17.6. The van der Waals surface area contributed by atoms with Crippen LogP contribution in [-0.4, -0.2) is 139 Å². The first-order valence-corrected chi connectivity index (χ1v) is 27.5. The highest BCUT2D eigenvalue weighted by molar-refractivity contribution is 6.17. The molecule has 85 heavy (non-hydrogen) atoms. The van der Waals surface area contributed by atoms with E-state index in [-0.39, 0.29) is 49.3 Å². The molecule has 6 aliphatic rings. The average molecular weight is 1200 g/mol. The van der Waals surface area contributed by atoms with Crippen LogP contribution in [0.5, 0.6) is 92.0 Å². The minimum absolute atomic E-state index is 0.102. The quantitative estimate of drug-likeness (QED) is 0.0704. The van der Waals surface area contributed by atoms with Gasteiger partial charge in [0.25, 0.3) is 0 Å². The number of cyclic esters (lactones) is 2. The number of halogens is 1. The number of esters is 2. The number of phenolic OH excluding ortho intramolecular Hbond substituents is 1. The molecule has 0 amide bonds. The zero-order chi connectivity index (χ0) is 60.4. The van der Waals surface area contributed by atoms with E-state index >= 15 is 0 Å². The summed E-state index contributed by atoms with van der Waals surface area (Å²) in [5.41, 5.74) is 7.43. The van der Waals surface area contributed by atoms with E-state index in [0.717, 1.165) is 59.3 Å². The van der Waals surface area contributed by atoms with Gasteiger partial charge in [0.1, 0.15) is 29.9 Å². The summed E-state index contributed by atoms with van der Waals surface area (Å²) in [5, 5.41) is 10.5. The predicted molar refractivity (Wildman–Crippen MR) is 306 cm³/mol. The zero-order valence-electron chi connectivity index (χ0n) is 49.2. The number of ether oxygens (including phenoxy) is 17. The van der Waals surface area contributed by atoms with Gasteiger partial charge in [0.05, 0.1) is 83.2 Å². The number of carbonyl (C=O) groups is 2. The van der Waals surface area contributed by atoms with Gasteiger partial charge in [-0.3, -0.25) is 9.80 Å². The van der Waals surface area contributed by atoms with E-state index < -0.39 is 24.1 Å². The van der Waals surface area contributed by atoms with Crippen LogP contribution in [0.2, 0.25) is 0 Å². The number of hydrogen-bond donors (Lipinski definition) is 1. The van der Waals surface area contributed by atoms with Crippen molar-refractivity contribution in [1.82, 2.24) is 9.80 Å². The largest absolute Gasteiger partial charge is 0.504 e. The number of rotatable bonds is 16. The molecule has 0 spiro atoms. The Balaban J connectivity index is 0.000000161. The highest BCUT2D eigenvalue weighted by atomic mass is 35.5. The number of likely N-dealkylation sites (N-methyl/N-ethyl adjacent to an activating group) is 2. The second kappa shape index (κ2) is 25.2. The summed E-state index contributed by atoms with van der Waals surface area (Å²) < 4.78 is 95.0. The Morgan fingerprint density at radius 3 is 1.33 bits per heavy atom. The third-order valence-corrected chi connectivity index (χ3v) is 16.0. The van der Waals surface area contributed by atoms with Crippen molar-refractivity contribution in [2.75, 3.05) is 112 Å². The van der Waals surface area contributed by atoms with Crippen LogP contribution < -0.4 is 71.1 Å². The van der Waals surface area contributed by atoms with Gasteiger partial charge in [0.15, 0.2) is 69.0 Å². The minimum atomic E-state index is -0.625. The molecule has 0 saturated heterocycles. The van der Waals surface area contributed by atoms with Crippen molar-refractivity contribution in [3.05, 3.63) is 116 Å². The van der Waals surface area contributed by atoms with Crippen LogP contribution in [0.15, 0.2) is 60.7 Å². The molecule has 0 aromatic heterocycles. The molecule has 6 heterocycles. The van der Waals surface area contributed by atoms with Gasteiger partial charge in [-0.25, -0.2) is 9.59 Å². The molecule has 452 valence electrons. The maximum absolute atomic E-state index is 13.6. The van der Waals surface area contributed by atoms with Crippen LogP contribution in [-0.2, 0) is 34.8 Å². The lowest BCUT2D eigenvalue weighted by Crippen LogP contribution is -2.36. The van der Waals surface area contributed by atoms with Crippen LogP contribution in [0, 0.1) is 0 Å². The van der Waals surface area contributed by atoms with E-state index in [2.05, 4.69) is 9.80 Å². The van der Waals surface area contributed by atoms with Crippen molar-refractivity contribution in [2.24, 2.45) is 0 Å². The topological polar surface area (TPSA) is 218 Å². The summed E-state index contributed by atoms with van der Waals surface area (Å²) in [6.07, 6.45) is 0.360. The number of aromatic hydroxyl groups is 1. The third-order valence-electron chi connectivity index (χ3n) is 15.7. The highest BCUT2D eigenvalue weighted by Crippen LogP contribution is 2.58. The molecule has 4 atom stereocenters. The molecule has 12 rings (SSSR count). The molecule has 6 aliphatic heterocycles. The maximum atomic E-state index is 13.6. The molecule has 22 nitrogen and oxygen atoms in total. The van der Waals surface area contributed by atoms with Crippen LogP contribution in [0.4, 0.5) is 0 Å². The number of nitrogens with zero attached hydrogens (tertiary/aromatic N) is 2. The lowest BCUT2D eigenvalue weighted by Gasteiger charge is -2.38. The molecule has 0 unspecified atom stereocenters. The van der Waals surface area contributed by atoms with Crippen molar-refractivity contribution in [3.8, 4) is 92.0 Å². The van der Waals surface area contributed by atoms with Gasteiger partial charge in [0, 0.05) is 41.2 Å². The summed E-state index contributed by atoms with van der Waals surface area (Å²) in [7, 11) is 19.5. The van der Waals surface area contributed by atoms with Crippen LogP contribution in [0.25, 0.3) is 0 Å². The smallest absolute Gasteiger partial charge is 0.343 e. The van der Waals surface area contributed by atoms with Gasteiger partial charge < -0.3 is 85.6 Å². The fraction of sp³-hybridized carbons (Fsp3) is 0.387. The van der Waals surface area contributed by atoms with E-state index in [9.17, 15) is 14.7 Å². The maximum Gasteiger partial charge on any atom is 0.343 e. The Kier molecular flexibility index (Phi) is 17.6. The first kappa shape index (κ1) is 59.4. The van der Waals surface area contributed by atoms with Gasteiger partial charge in [-0.15, -0.1) is 11.6 Å². The molecule has 6 aromatic carbocycles. The van der Waals surface area contributed by atoms with Crippen molar-refractivity contribution in [3.63, 3.8) is 0 Å². The molecule has 0 saturated carbocycles. The average Bonchev–Trinajstić information content (AvgIpc) is 1.85. The number of methoxy groups -OCH3 is 10. The summed E-state index contributed by atoms with van der Waals surface area (Å²) in [5.74, 6) is 7.03. The van der Waals surface area contributed by atoms with E-state index in [1.165, 1.54) is 14.2 Å². The predicted octanol–water partition coefficient (Wildman–Crippen LogP) is 9.51. The second-order valence-corrected chi connectivity index (χ2v) is 20.3. The molecule has 0 bridgehead atoms. The van der Waals surface area contributed by atoms with E-state index in [0.29, 0.717) is 103 Å². The molecule has 0 aliphatic carbocycles. The number of alkyl halides is 1. The Morgan fingerprint density at radius 2 is 0.906 bits per heavy atom. The summed E-state index contributed by atoms with van der Waals surface area (Å²) in [6.45, 7) is 1.90. The van der Waals surface area contributed by atoms with E-state index in [1.54, 1.807) is 87.2 Å². The van der Waals surface area contributed by atoms with E-state index in [4.69, 9.17) is 92.1 Å². The van der Waals surface area contributed by atoms with Crippen molar-refractivity contribution < 1.29 is 95.2 Å². The van der Waals surface area contributed by atoms with Crippen LogP contribution >= 0.6 is 11.6 Å². The number of hydrogen-bond acceptors (Lipinski definition) is 22. The number of fused-ring (bicyclic) bond motifs is 6. The standard InChI is InChI=1S/C31H33NO10.C21H21NO7.C10H13ClO3/c1-32-10-9-17-13-22-29(41-15-40-22)30(38-6)23(17)25(32)26-18-7-8-19(34-2)28(24(18)31(33)42-26)39-14-16-11-20(35-3)27(37-5)21(12-16)36-4;1-22-7-6-10-8-13-19(28-9-27-13)20(26-3)14(10)16(22)18-11-4-5-12(25-2)17(23)15(11)21(24)29-18;1-12-8-4-7(6-11)5-9(13-2)10(8)14-3/h7-8,11-13,25-26H,9-10,14-15H2,1-6H3;4-5,8,16,18,23H,6-7,9H2,1-3H3;4-5H,6H2,1-3H3/t25-,26+;16-,18+;/m11./s1. The minimum Gasteiger partial charge on any atom is -0.504 e. The number of phenols is 1. The molecule has 6 aromatic rings. The fourth-order valence-corrected chi connectivity index (χ4v) is 11.9. The van der Waals surface area contributed by atoms with Crippen molar-refractivity contribution in [1.29, 1.82) is 0 Å². The SMILES string of the molecule is COc1cc(CCl)cc(OC)c1OC.COc1cc(COc2c(OC)ccc3c2C(=O)O[C@@H]3[C@H]2c3c(cc4c(c3OC)OCO4)CCN2C)cc(OC)c1OC.COc1ccc2c(c1O)C(=O)O[C@@H]2[C@H]1c2c(cc3c(c2OC)OCO3)CCN1C. The Morgan fingerprint density at radius 1 is 0.494 bits per heavy atom. The molecule has 1 N–H and O–H groups in total. The fourth-order valence-electron chi connectivity index (χ4n) is 11.8. The van der Waals surface area contributed by atoms with Crippen molar-refractivity contribution >= 4 is 23.5 Å². The van der Waals surface area contributed by atoms with Gasteiger partial charge in [0.2, 0.25) is 36.6 Å². The van der Waals surface area contributed by atoms with Crippen LogP contribution in [0.1, 0.15) is 89.5 Å². The lowest BCUT2D eigenvalue weighted by atomic mass is 9.85. The van der Waals surface area contributed by atoms with Gasteiger partial charge in [-0.05, 0) is 97.7 Å².